The zero-order valence-electron chi connectivity index (χ0n) is 20.0. The van der Waals surface area contributed by atoms with Gasteiger partial charge in [-0.15, -0.1) is 0 Å². The maximum absolute atomic E-state index is 13.2. The van der Waals surface area contributed by atoms with Crippen LogP contribution >= 0.6 is 0 Å². The minimum Gasteiger partial charge on any atom is -0.462 e. The van der Waals surface area contributed by atoms with Crippen molar-refractivity contribution in [3.05, 3.63) is 131 Å². The van der Waals surface area contributed by atoms with Gasteiger partial charge in [0, 0.05) is 5.69 Å². The van der Waals surface area contributed by atoms with Crippen molar-refractivity contribution in [2.24, 2.45) is 4.99 Å². The van der Waals surface area contributed by atoms with Crippen molar-refractivity contribution >= 4 is 29.0 Å². The summed E-state index contributed by atoms with van der Waals surface area (Å²) >= 11 is 0. The molecule has 5 rings (SSSR count). The maximum Gasteiger partial charge on any atom is 0.338 e. The van der Waals surface area contributed by atoms with E-state index < -0.39 is 11.9 Å². The lowest BCUT2D eigenvalue weighted by Gasteiger charge is -2.14. The number of nitrogens with one attached hydrogen (secondary N) is 1. The third-order valence-electron chi connectivity index (χ3n) is 6.18. The first-order valence-electron chi connectivity index (χ1n) is 12.0. The first-order valence-corrected chi connectivity index (χ1v) is 12.0. The zero-order valence-corrected chi connectivity index (χ0v) is 20.0. The number of anilines is 1. The van der Waals surface area contributed by atoms with E-state index in [1.807, 2.05) is 66.7 Å². The molecule has 0 aliphatic carbocycles. The van der Waals surface area contributed by atoms with Crippen LogP contribution in [0.15, 0.2) is 108 Å². The summed E-state index contributed by atoms with van der Waals surface area (Å²) in [5.41, 5.74) is 6.55. The molecular formula is C31H26N2O3. The molecule has 178 valence electrons. The van der Waals surface area contributed by atoms with Gasteiger partial charge in [-0.05, 0) is 59.9 Å². The van der Waals surface area contributed by atoms with Crippen LogP contribution in [0.1, 0.15) is 45.5 Å². The third-order valence-corrected chi connectivity index (χ3v) is 6.18. The number of carbonyl (C=O) groups is 2. The van der Waals surface area contributed by atoms with E-state index in [4.69, 9.17) is 9.73 Å². The number of benzene rings is 4. The van der Waals surface area contributed by atoms with Gasteiger partial charge in [0.05, 0.1) is 23.6 Å². The highest BCUT2D eigenvalue weighted by Gasteiger charge is 2.36. The first kappa shape index (κ1) is 23.2. The molecule has 0 aromatic heterocycles. The number of nitrogens with zero attached hydrogens (tertiary/aromatic N) is 1. The SMILES string of the molecule is CCOC(=O)c1ccc2c(c1)NC(=O)C2C(=Nc1ccc(Cc2ccccc2)cc1)c1ccccc1. The quantitative estimate of drug-likeness (QED) is 0.252. The maximum atomic E-state index is 13.2. The van der Waals surface area contributed by atoms with Crippen LogP contribution in [0, 0.1) is 0 Å². The van der Waals surface area contributed by atoms with Gasteiger partial charge in [-0.3, -0.25) is 9.79 Å². The molecule has 5 nitrogen and oxygen atoms in total. The summed E-state index contributed by atoms with van der Waals surface area (Å²) in [6, 6.07) is 33.4. The Bertz CT molecular complexity index is 1410. The Labute approximate surface area is 210 Å². The lowest BCUT2D eigenvalue weighted by molar-refractivity contribution is -0.115. The monoisotopic (exact) mass is 474 g/mol. The molecule has 4 aromatic carbocycles. The van der Waals surface area contributed by atoms with Crippen LogP contribution in [0.3, 0.4) is 0 Å². The number of rotatable bonds is 7. The van der Waals surface area contributed by atoms with Crippen LogP contribution < -0.4 is 5.32 Å². The number of hydrogen-bond donors (Lipinski definition) is 1. The van der Waals surface area contributed by atoms with Crippen LogP contribution in [0.5, 0.6) is 0 Å². The predicted molar refractivity (Wildman–Crippen MR) is 142 cm³/mol. The molecule has 0 saturated heterocycles. The van der Waals surface area contributed by atoms with Crippen molar-refractivity contribution < 1.29 is 14.3 Å². The standard InChI is InChI=1S/C31H26N2O3/c1-2-36-31(35)24-15-18-26-27(20-24)33-30(34)28(26)29(23-11-7-4-8-12-23)32-25-16-13-22(14-17-25)19-21-9-5-3-6-10-21/h3-18,20,28H,2,19H2,1H3,(H,33,34). The van der Waals surface area contributed by atoms with E-state index >= 15 is 0 Å². The second-order valence-electron chi connectivity index (χ2n) is 8.64. The number of ether oxygens (including phenoxy) is 1. The van der Waals surface area contributed by atoms with Gasteiger partial charge in [0.1, 0.15) is 5.92 Å². The lowest BCUT2D eigenvalue weighted by atomic mass is 9.90. The normalized spacial score (nSPS) is 14.8. The molecule has 0 radical (unpaired) electrons. The van der Waals surface area contributed by atoms with Crippen LogP contribution in [0.25, 0.3) is 0 Å². The number of hydrogen-bond acceptors (Lipinski definition) is 4. The minimum absolute atomic E-state index is 0.172. The molecule has 1 amide bonds. The lowest BCUT2D eigenvalue weighted by Crippen LogP contribution is -2.21. The van der Waals surface area contributed by atoms with E-state index in [9.17, 15) is 9.59 Å². The zero-order chi connectivity index (χ0) is 24.9. The molecule has 1 atom stereocenters. The Balaban J connectivity index is 1.50. The molecule has 5 heteroatoms. The van der Waals surface area contributed by atoms with Gasteiger partial charge in [-0.2, -0.15) is 0 Å². The van der Waals surface area contributed by atoms with Crippen molar-refractivity contribution in [2.75, 3.05) is 11.9 Å². The number of esters is 1. The summed E-state index contributed by atoms with van der Waals surface area (Å²) in [6.45, 7) is 2.06. The predicted octanol–water partition coefficient (Wildman–Crippen LogP) is 6.31. The Morgan fingerprint density at radius 3 is 2.19 bits per heavy atom. The molecular weight excluding hydrogens is 448 g/mol. The van der Waals surface area contributed by atoms with Crippen molar-refractivity contribution in [1.29, 1.82) is 0 Å². The Morgan fingerprint density at radius 1 is 0.833 bits per heavy atom. The molecule has 4 aromatic rings. The van der Waals surface area contributed by atoms with E-state index in [-0.39, 0.29) is 5.91 Å². The highest BCUT2D eigenvalue weighted by molar-refractivity contribution is 6.24. The molecule has 0 bridgehead atoms. The van der Waals surface area contributed by atoms with Crippen LogP contribution in [-0.2, 0) is 16.0 Å². The largest absolute Gasteiger partial charge is 0.462 e. The molecule has 1 heterocycles. The summed E-state index contributed by atoms with van der Waals surface area (Å²) < 4.78 is 5.11. The van der Waals surface area contributed by atoms with Gasteiger partial charge in [-0.25, -0.2) is 4.79 Å². The highest BCUT2D eigenvalue weighted by Crippen LogP contribution is 2.37. The average Bonchev–Trinajstić information content (AvgIpc) is 3.24. The fourth-order valence-corrected chi connectivity index (χ4v) is 4.44. The van der Waals surface area contributed by atoms with Crippen LogP contribution in [-0.4, -0.2) is 24.2 Å². The van der Waals surface area contributed by atoms with Gasteiger partial charge in [-0.1, -0.05) is 78.9 Å². The van der Waals surface area contributed by atoms with Crippen LogP contribution in [0.2, 0.25) is 0 Å². The molecule has 0 spiro atoms. The first-order chi connectivity index (χ1) is 17.6. The van der Waals surface area contributed by atoms with E-state index in [1.165, 1.54) is 11.1 Å². The number of amides is 1. The Hall–Kier alpha value is -4.51. The number of fused-ring (bicyclic) bond motifs is 1. The number of aliphatic imine (C=N–C) groups is 1. The molecule has 1 N–H and O–H groups in total. The van der Waals surface area contributed by atoms with Gasteiger partial charge < -0.3 is 10.1 Å². The third kappa shape index (κ3) is 4.96. The van der Waals surface area contributed by atoms with E-state index in [0.29, 0.717) is 23.6 Å². The van der Waals surface area contributed by atoms with Gasteiger partial charge in [0.2, 0.25) is 5.91 Å². The molecule has 36 heavy (non-hydrogen) atoms. The summed E-state index contributed by atoms with van der Waals surface area (Å²) in [4.78, 5) is 30.3. The summed E-state index contributed by atoms with van der Waals surface area (Å²) in [7, 11) is 0. The van der Waals surface area contributed by atoms with Crippen LogP contribution in [0.4, 0.5) is 11.4 Å². The average molecular weight is 475 g/mol. The Kier molecular flexibility index (Phi) is 6.72. The summed E-state index contributed by atoms with van der Waals surface area (Å²) in [6.07, 6.45) is 0.845. The fourth-order valence-electron chi connectivity index (χ4n) is 4.44. The summed E-state index contributed by atoms with van der Waals surface area (Å²) in [5.74, 6) is -1.18. The molecule has 0 saturated carbocycles. The van der Waals surface area contributed by atoms with E-state index in [2.05, 4.69) is 29.6 Å². The van der Waals surface area contributed by atoms with Gasteiger partial charge >= 0.3 is 5.97 Å². The van der Waals surface area contributed by atoms with Crippen molar-refractivity contribution in [1.82, 2.24) is 0 Å². The van der Waals surface area contributed by atoms with E-state index in [0.717, 1.165) is 23.2 Å². The van der Waals surface area contributed by atoms with E-state index in [1.54, 1.807) is 19.1 Å². The van der Waals surface area contributed by atoms with Crippen molar-refractivity contribution in [3.8, 4) is 0 Å². The second kappa shape index (κ2) is 10.4. The fraction of sp³-hybridized carbons (Fsp3) is 0.129. The minimum atomic E-state index is -0.595. The second-order valence-corrected chi connectivity index (χ2v) is 8.64. The van der Waals surface area contributed by atoms with Gasteiger partial charge in [0.25, 0.3) is 0 Å². The van der Waals surface area contributed by atoms with Gasteiger partial charge in [0.15, 0.2) is 0 Å². The van der Waals surface area contributed by atoms with Crippen molar-refractivity contribution in [2.45, 2.75) is 19.3 Å². The summed E-state index contributed by atoms with van der Waals surface area (Å²) in [5, 5.41) is 2.93. The van der Waals surface area contributed by atoms with Crippen molar-refractivity contribution in [3.63, 3.8) is 0 Å². The smallest absolute Gasteiger partial charge is 0.338 e. The molecule has 0 fully saturated rings. The highest BCUT2D eigenvalue weighted by atomic mass is 16.5. The topological polar surface area (TPSA) is 67.8 Å². The Morgan fingerprint density at radius 2 is 1.50 bits per heavy atom. The molecule has 1 unspecified atom stereocenters. The number of carbonyl (C=O) groups excluding carboxylic acids is 2. The molecule has 1 aliphatic heterocycles. The molecule has 1 aliphatic rings.